The Labute approximate surface area is 134 Å². The molecule has 0 bridgehead atoms. The molecule has 21 heavy (non-hydrogen) atoms. The van der Waals surface area contributed by atoms with Crippen molar-refractivity contribution >= 4 is 15.9 Å². The Kier molecular flexibility index (Phi) is 4.16. The molecule has 3 heteroatoms. The summed E-state index contributed by atoms with van der Waals surface area (Å²) in [7, 11) is 0. The quantitative estimate of drug-likeness (QED) is 0.847. The Hall–Kier alpha value is -1.16. The predicted octanol–water partition coefficient (Wildman–Crippen LogP) is 4.28. The van der Waals surface area contributed by atoms with Crippen LogP contribution in [0, 0.1) is 0 Å². The van der Waals surface area contributed by atoms with Crippen molar-refractivity contribution < 1.29 is 5.11 Å². The molecule has 0 heterocycles. The van der Waals surface area contributed by atoms with Crippen LogP contribution in [0.25, 0.3) is 0 Å². The van der Waals surface area contributed by atoms with E-state index in [9.17, 15) is 5.11 Å². The van der Waals surface area contributed by atoms with Crippen LogP contribution >= 0.6 is 15.9 Å². The molecule has 0 saturated heterocycles. The molecular formula is C18H20BrNO. The summed E-state index contributed by atoms with van der Waals surface area (Å²) in [4.78, 5) is 0. The molecule has 0 aromatic heterocycles. The van der Waals surface area contributed by atoms with Gasteiger partial charge in [-0.05, 0) is 48.6 Å². The zero-order valence-corrected chi connectivity index (χ0v) is 13.7. The molecule has 2 nitrogen and oxygen atoms in total. The lowest BCUT2D eigenvalue weighted by Gasteiger charge is -2.24. The van der Waals surface area contributed by atoms with E-state index in [2.05, 4.69) is 64.6 Å². The van der Waals surface area contributed by atoms with Crippen LogP contribution in [0.5, 0.6) is 0 Å². The molecule has 1 aliphatic rings. The summed E-state index contributed by atoms with van der Waals surface area (Å²) in [6.07, 6.45) is 2.35. The Morgan fingerprint density at radius 2 is 1.95 bits per heavy atom. The number of hydrogen-bond acceptors (Lipinski definition) is 2. The number of hydrogen-bond donors (Lipinski definition) is 2. The third-order valence-electron chi connectivity index (χ3n) is 4.25. The van der Waals surface area contributed by atoms with E-state index in [0.29, 0.717) is 0 Å². The van der Waals surface area contributed by atoms with Gasteiger partial charge in [-0.2, -0.15) is 0 Å². The van der Waals surface area contributed by atoms with Crippen molar-refractivity contribution in [2.75, 3.05) is 0 Å². The first-order valence-corrected chi connectivity index (χ1v) is 8.16. The summed E-state index contributed by atoms with van der Waals surface area (Å²) in [5, 5.41) is 13.0. The third-order valence-corrected chi connectivity index (χ3v) is 4.75. The molecule has 1 aliphatic carbocycles. The first-order valence-electron chi connectivity index (χ1n) is 7.36. The van der Waals surface area contributed by atoms with Gasteiger partial charge in [0.25, 0.3) is 0 Å². The second-order valence-electron chi connectivity index (χ2n) is 5.86. The summed E-state index contributed by atoms with van der Waals surface area (Å²) in [6.45, 7) is 2.28. The van der Waals surface area contributed by atoms with Gasteiger partial charge in [0.05, 0.1) is 6.61 Å². The van der Waals surface area contributed by atoms with Crippen molar-refractivity contribution in [1.29, 1.82) is 0 Å². The summed E-state index contributed by atoms with van der Waals surface area (Å²) < 4.78 is 1.13. The van der Waals surface area contributed by atoms with Crippen LogP contribution < -0.4 is 5.32 Å². The molecule has 1 fully saturated rings. The van der Waals surface area contributed by atoms with Crippen LogP contribution in [0.4, 0.5) is 0 Å². The number of benzene rings is 2. The lowest BCUT2D eigenvalue weighted by molar-refractivity contribution is 0.281. The summed E-state index contributed by atoms with van der Waals surface area (Å²) in [6, 6.07) is 17.0. The Morgan fingerprint density at radius 3 is 2.62 bits per heavy atom. The Morgan fingerprint density at radius 1 is 1.19 bits per heavy atom. The lowest BCUT2D eigenvalue weighted by atomic mass is 10.0. The van der Waals surface area contributed by atoms with E-state index in [1.165, 1.54) is 24.0 Å². The highest BCUT2D eigenvalue weighted by atomic mass is 79.9. The smallest absolute Gasteiger partial charge is 0.0681 e. The number of rotatable bonds is 5. The van der Waals surface area contributed by atoms with E-state index in [4.69, 9.17) is 0 Å². The molecule has 3 rings (SSSR count). The molecule has 2 N–H and O–H groups in total. The molecule has 0 radical (unpaired) electrons. The minimum absolute atomic E-state index is 0.0946. The number of halogens is 1. The standard InChI is InChI=1S/C18H20BrNO/c1-13(15-5-2-4-14(10-15)12-21)20-18(8-9-18)16-6-3-7-17(19)11-16/h2-7,10-11,13,20-21H,8-9,12H2,1H3. The Balaban J connectivity index is 1.79. The van der Waals surface area contributed by atoms with Crippen molar-refractivity contribution in [3.05, 3.63) is 69.7 Å². The van der Waals surface area contributed by atoms with E-state index in [1.54, 1.807) is 0 Å². The molecule has 110 valence electrons. The number of aliphatic hydroxyl groups excluding tert-OH is 1. The average Bonchev–Trinajstić information content (AvgIpc) is 3.28. The normalized spacial score (nSPS) is 17.5. The molecule has 1 unspecified atom stereocenters. The van der Waals surface area contributed by atoms with Crippen LogP contribution in [0.15, 0.2) is 53.0 Å². The summed E-state index contributed by atoms with van der Waals surface area (Å²) in [5.41, 5.74) is 3.65. The molecule has 2 aromatic rings. The zero-order chi connectivity index (χ0) is 14.9. The van der Waals surface area contributed by atoms with Crippen LogP contribution in [0.3, 0.4) is 0 Å². The summed E-state index contributed by atoms with van der Waals surface area (Å²) >= 11 is 3.56. The average molecular weight is 346 g/mol. The van der Waals surface area contributed by atoms with Crippen molar-refractivity contribution in [2.24, 2.45) is 0 Å². The molecule has 0 spiro atoms. The fourth-order valence-electron chi connectivity index (χ4n) is 2.89. The van der Waals surface area contributed by atoms with Gasteiger partial charge in [-0.3, -0.25) is 0 Å². The molecule has 1 atom stereocenters. The molecule has 2 aromatic carbocycles. The van der Waals surface area contributed by atoms with Crippen molar-refractivity contribution in [2.45, 2.75) is 38.0 Å². The van der Waals surface area contributed by atoms with Gasteiger partial charge in [0.15, 0.2) is 0 Å². The van der Waals surface area contributed by atoms with Crippen LogP contribution in [-0.4, -0.2) is 5.11 Å². The molecule has 0 amide bonds. The molecule has 1 saturated carbocycles. The fourth-order valence-corrected chi connectivity index (χ4v) is 3.29. The van der Waals surface area contributed by atoms with Gasteiger partial charge in [-0.25, -0.2) is 0 Å². The highest BCUT2D eigenvalue weighted by Gasteiger charge is 2.45. The summed E-state index contributed by atoms with van der Waals surface area (Å²) in [5.74, 6) is 0. The lowest BCUT2D eigenvalue weighted by Crippen LogP contribution is -2.31. The van der Waals surface area contributed by atoms with E-state index in [1.807, 2.05) is 12.1 Å². The SMILES string of the molecule is CC(NC1(c2cccc(Br)c2)CC1)c1cccc(CO)c1. The largest absolute Gasteiger partial charge is 0.392 e. The number of nitrogens with one attached hydrogen (secondary N) is 1. The van der Waals surface area contributed by atoms with Gasteiger partial charge in [-0.15, -0.1) is 0 Å². The zero-order valence-electron chi connectivity index (χ0n) is 12.1. The third kappa shape index (κ3) is 3.20. The topological polar surface area (TPSA) is 32.3 Å². The Bertz CT molecular complexity index is 637. The van der Waals surface area contributed by atoms with Gasteiger partial charge in [0.2, 0.25) is 0 Å². The molecule has 0 aliphatic heterocycles. The predicted molar refractivity (Wildman–Crippen MR) is 89.0 cm³/mol. The molecular weight excluding hydrogens is 326 g/mol. The van der Waals surface area contributed by atoms with E-state index >= 15 is 0 Å². The fraction of sp³-hybridized carbons (Fsp3) is 0.333. The first-order chi connectivity index (χ1) is 10.1. The second-order valence-corrected chi connectivity index (χ2v) is 6.78. The number of aliphatic hydroxyl groups is 1. The minimum atomic E-state index is 0.0946. The second kappa shape index (κ2) is 5.91. The van der Waals surface area contributed by atoms with Gasteiger partial charge >= 0.3 is 0 Å². The van der Waals surface area contributed by atoms with Gasteiger partial charge in [-0.1, -0.05) is 52.3 Å². The monoisotopic (exact) mass is 345 g/mol. The van der Waals surface area contributed by atoms with Crippen LogP contribution in [0.2, 0.25) is 0 Å². The van der Waals surface area contributed by atoms with Crippen molar-refractivity contribution in [3.63, 3.8) is 0 Å². The van der Waals surface area contributed by atoms with E-state index < -0.39 is 0 Å². The maximum Gasteiger partial charge on any atom is 0.0681 e. The van der Waals surface area contributed by atoms with Crippen LogP contribution in [0.1, 0.15) is 42.5 Å². The highest BCUT2D eigenvalue weighted by Crippen LogP contribution is 2.47. The first kappa shape index (κ1) is 14.8. The van der Waals surface area contributed by atoms with Crippen molar-refractivity contribution in [3.8, 4) is 0 Å². The van der Waals surface area contributed by atoms with Gasteiger partial charge in [0, 0.05) is 16.1 Å². The van der Waals surface area contributed by atoms with Gasteiger partial charge < -0.3 is 10.4 Å². The van der Waals surface area contributed by atoms with E-state index in [0.717, 1.165) is 10.0 Å². The maximum absolute atomic E-state index is 9.27. The van der Waals surface area contributed by atoms with Crippen molar-refractivity contribution in [1.82, 2.24) is 5.32 Å². The van der Waals surface area contributed by atoms with Crippen LogP contribution in [-0.2, 0) is 12.1 Å². The van der Waals surface area contributed by atoms with Gasteiger partial charge in [0.1, 0.15) is 0 Å². The highest BCUT2D eigenvalue weighted by molar-refractivity contribution is 9.10. The minimum Gasteiger partial charge on any atom is -0.392 e. The van der Waals surface area contributed by atoms with E-state index in [-0.39, 0.29) is 18.2 Å². The maximum atomic E-state index is 9.27.